The number of ether oxygens (including phenoxy) is 1. The number of hydrogen-bond donors (Lipinski definition) is 18. The average Bonchev–Trinajstić information content (AvgIpc) is 3.07. The van der Waals surface area contributed by atoms with E-state index in [2.05, 4.69) is 152 Å². The lowest BCUT2D eigenvalue weighted by atomic mass is 9.91. The molecule has 0 fully saturated rings. The van der Waals surface area contributed by atoms with E-state index in [1.54, 1.807) is 0 Å². The van der Waals surface area contributed by atoms with Crippen molar-refractivity contribution in [2.75, 3.05) is 87.4 Å². The molecule has 25 heteroatoms. The zero-order valence-electron chi connectivity index (χ0n) is 29.0. The molecule has 13 nitrogen and oxygen atoms in total. The van der Waals surface area contributed by atoms with E-state index in [0.717, 1.165) is 0 Å². The Balaban J connectivity index is -0.0000000996. The van der Waals surface area contributed by atoms with E-state index in [4.69, 9.17) is 35.4 Å². The lowest BCUT2D eigenvalue weighted by Crippen LogP contribution is -2.43. The summed E-state index contributed by atoms with van der Waals surface area (Å²) in [6, 6.07) is 0. The predicted molar refractivity (Wildman–Crippen MR) is 253 cm³/mol. The molecule has 0 aromatic rings. The first-order valence-electron chi connectivity index (χ1n) is 14.9. The maximum atomic E-state index is 9.86. The van der Waals surface area contributed by atoms with Gasteiger partial charge in [-0.15, -0.1) is 75.8 Å². The predicted octanol–water partition coefficient (Wildman–Crippen LogP) is 1.51. The van der Waals surface area contributed by atoms with Gasteiger partial charge in [-0.3, -0.25) is 28.8 Å². The lowest BCUT2D eigenvalue weighted by Gasteiger charge is -2.31. The van der Waals surface area contributed by atoms with Gasteiger partial charge in [-0.1, -0.05) is 0 Å². The number of rotatable bonds is 22. The summed E-state index contributed by atoms with van der Waals surface area (Å²) in [4.78, 5) is 59.2. The van der Waals surface area contributed by atoms with E-state index < -0.39 is 50.5 Å². The SMILES string of the molecule is O=C(S)CCS.O=C(S)CCS.O=C(S)CCS.O=C(S)CCS.O=C(S)CCS.O=C(S)CCS.OCC(CO)(CO)COCC(CO)(CO)CO. The molecule has 0 bridgehead atoms. The van der Waals surface area contributed by atoms with Gasteiger partial charge in [-0.25, -0.2) is 0 Å². The maximum Gasteiger partial charge on any atom is 0.186 e. The fourth-order valence-corrected chi connectivity index (χ4v) is 4.58. The van der Waals surface area contributed by atoms with Crippen LogP contribution in [0.3, 0.4) is 0 Å². The summed E-state index contributed by atoms with van der Waals surface area (Å²) in [5.74, 6) is 3.60. The smallest absolute Gasteiger partial charge is 0.186 e. The van der Waals surface area contributed by atoms with Gasteiger partial charge in [0.25, 0.3) is 0 Å². The van der Waals surface area contributed by atoms with Crippen molar-refractivity contribution in [2.45, 2.75) is 38.5 Å². The summed E-state index contributed by atoms with van der Waals surface area (Å²) >= 11 is 43.7. The topological polar surface area (TPSA) is 233 Å². The number of thiol groups is 12. The van der Waals surface area contributed by atoms with Gasteiger partial charge in [-0.2, -0.15) is 75.8 Å². The highest BCUT2D eigenvalue weighted by atomic mass is 32.1. The minimum atomic E-state index is -1.16. The minimum absolute atomic E-state index is 0.0926. The van der Waals surface area contributed by atoms with Crippen molar-refractivity contribution in [3.63, 3.8) is 0 Å². The van der Waals surface area contributed by atoms with Crippen LogP contribution in [0.25, 0.3) is 0 Å². The number of aliphatic hydroxyl groups excluding tert-OH is 6. The molecule has 0 saturated heterocycles. The molecular formula is C28H58O13S12. The summed E-state index contributed by atoms with van der Waals surface area (Å²) in [5, 5.41) is 53.6. The number of carbonyl (C=O) groups is 6. The largest absolute Gasteiger partial charge is 0.396 e. The fourth-order valence-electron chi connectivity index (χ4n) is 1.63. The highest BCUT2D eigenvalue weighted by molar-refractivity contribution is 7.97. The van der Waals surface area contributed by atoms with Gasteiger partial charge in [0.05, 0.1) is 63.7 Å². The Labute approximate surface area is 379 Å². The lowest BCUT2D eigenvalue weighted by molar-refractivity contribution is -0.111. The van der Waals surface area contributed by atoms with Gasteiger partial charge in [-0.05, 0) is 34.5 Å². The Morgan fingerprint density at radius 3 is 0.528 bits per heavy atom. The van der Waals surface area contributed by atoms with Crippen LogP contribution in [0, 0.1) is 10.8 Å². The summed E-state index contributed by atoms with van der Waals surface area (Å²) in [5.41, 5.74) is -2.32. The summed E-state index contributed by atoms with van der Waals surface area (Å²) in [6.07, 6.45) is 2.79. The van der Waals surface area contributed by atoms with Crippen molar-refractivity contribution >= 4 is 182 Å². The molecule has 0 unspecified atom stereocenters. The summed E-state index contributed by atoms with van der Waals surface area (Å²) < 4.78 is 5.15. The van der Waals surface area contributed by atoms with Crippen LogP contribution >= 0.6 is 152 Å². The molecule has 0 aromatic carbocycles. The minimum Gasteiger partial charge on any atom is -0.396 e. The number of carbonyl (C=O) groups excluding carboxylic acids is 6. The van der Waals surface area contributed by atoms with Gasteiger partial charge < -0.3 is 35.4 Å². The molecule has 53 heavy (non-hydrogen) atoms. The van der Waals surface area contributed by atoms with E-state index in [0.29, 0.717) is 73.0 Å². The molecule has 6 N–H and O–H groups in total. The Kier molecular flexibility index (Phi) is 70.8. The first-order chi connectivity index (χ1) is 24.7. The van der Waals surface area contributed by atoms with Crippen LogP contribution in [-0.2, 0) is 33.5 Å². The first-order valence-corrected chi connectivity index (χ1v) is 21.4. The van der Waals surface area contributed by atoms with Gasteiger partial charge in [0.15, 0.2) is 30.7 Å². The van der Waals surface area contributed by atoms with Crippen LogP contribution in [0.1, 0.15) is 38.5 Å². The Hall–Kier alpha value is 1.94. The fraction of sp³-hybridized carbons (Fsp3) is 0.786. The number of hydrogen-bond acceptors (Lipinski definition) is 19. The second kappa shape index (κ2) is 53.9. The van der Waals surface area contributed by atoms with Crippen molar-refractivity contribution in [3.8, 4) is 0 Å². The molecule has 0 saturated carbocycles. The van der Waals surface area contributed by atoms with Crippen molar-refractivity contribution in [3.05, 3.63) is 0 Å². The molecule has 0 aliphatic carbocycles. The molecule has 0 aromatic heterocycles. The van der Waals surface area contributed by atoms with E-state index in [9.17, 15) is 28.8 Å². The second-order valence-electron chi connectivity index (χ2n) is 9.65. The average molecular weight is 988 g/mol. The van der Waals surface area contributed by atoms with Crippen molar-refractivity contribution in [1.82, 2.24) is 0 Å². The van der Waals surface area contributed by atoms with Crippen LogP contribution in [0.2, 0.25) is 0 Å². The first kappa shape index (κ1) is 69.6. The number of aliphatic hydroxyl groups is 6. The third-order valence-electron chi connectivity index (χ3n) is 4.78. The van der Waals surface area contributed by atoms with E-state index in [1.165, 1.54) is 0 Å². The molecule has 0 atom stereocenters. The third kappa shape index (κ3) is 68.9. The van der Waals surface area contributed by atoms with Crippen LogP contribution in [0.15, 0.2) is 0 Å². The highest BCUT2D eigenvalue weighted by Crippen LogP contribution is 2.19. The van der Waals surface area contributed by atoms with Gasteiger partial charge >= 0.3 is 0 Å². The van der Waals surface area contributed by atoms with Gasteiger partial charge in [0.1, 0.15) is 0 Å². The monoisotopic (exact) mass is 986 g/mol. The van der Waals surface area contributed by atoms with Crippen molar-refractivity contribution in [1.29, 1.82) is 0 Å². The maximum absolute atomic E-state index is 9.86. The van der Waals surface area contributed by atoms with E-state index in [-0.39, 0.29) is 43.9 Å². The molecule has 320 valence electrons. The second-order valence-corrected chi connectivity index (χ2v) is 15.3. The van der Waals surface area contributed by atoms with Crippen molar-refractivity contribution < 1.29 is 64.1 Å². The molecule has 0 rings (SSSR count). The zero-order chi connectivity index (χ0) is 43.3. The van der Waals surface area contributed by atoms with Crippen LogP contribution in [0.4, 0.5) is 0 Å². The molecular weight excluding hydrogens is 929 g/mol. The zero-order valence-corrected chi connectivity index (χ0v) is 39.8. The van der Waals surface area contributed by atoms with Crippen molar-refractivity contribution in [2.24, 2.45) is 10.8 Å². The van der Waals surface area contributed by atoms with Crippen LogP contribution in [0.5, 0.6) is 0 Å². The van der Waals surface area contributed by atoms with E-state index >= 15 is 0 Å². The van der Waals surface area contributed by atoms with Gasteiger partial charge in [0, 0.05) is 38.5 Å². The molecule has 0 aliphatic heterocycles. The molecule has 0 amide bonds. The highest BCUT2D eigenvalue weighted by Gasteiger charge is 2.32. The molecule has 0 aliphatic rings. The standard InChI is InChI=1S/C10H22O7.6C3H6OS2/c11-1-9(2-12,3-13)7-17-8-10(4-14,5-15)6-16;6*4-3(6)1-2-5/h11-16H,1-8H2;6*5H,1-2H2,(H,4,6). The van der Waals surface area contributed by atoms with Gasteiger partial charge in [0.2, 0.25) is 0 Å². The van der Waals surface area contributed by atoms with Crippen LogP contribution < -0.4 is 0 Å². The third-order valence-corrected chi connectivity index (χ3v) is 7.47. The molecule has 0 spiro atoms. The summed E-state index contributed by atoms with van der Waals surface area (Å²) in [6.45, 7) is -3.01. The molecule has 0 radical (unpaired) electrons. The van der Waals surface area contributed by atoms with E-state index in [1.807, 2.05) is 0 Å². The Morgan fingerprint density at radius 1 is 0.340 bits per heavy atom. The molecule has 0 heterocycles. The quantitative estimate of drug-likeness (QED) is 0.0691. The Morgan fingerprint density at radius 2 is 0.472 bits per heavy atom. The normalized spacial score (nSPS) is 9.85. The Bertz CT molecular complexity index is 724. The summed E-state index contributed by atoms with van der Waals surface area (Å²) in [7, 11) is 0. The van der Waals surface area contributed by atoms with Crippen LogP contribution in [-0.4, -0.2) is 149 Å².